The summed E-state index contributed by atoms with van der Waals surface area (Å²) in [6.45, 7) is 3.25. The van der Waals surface area contributed by atoms with Gasteiger partial charge in [-0.2, -0.15) is 0 Å². The van der Waals surface area contributed by atoms with Crippen LogP contribution in [0, 0.1) is 0 Å². The molecule has 5 nitrogen and oxygen atoms in total. The first-order valence-corrected chi connectivity index (χ1v) is 6.46. The van der Waals surface area contributed by atoms with Crippen LogP contribution in [0.25, 0.3) is 0 Å². The van der Waals surface area contributed by atoms with Gasteiger partial charge in [-0.05, 0) is 44.0 Å². The summed E-state index contributed by atoms with van der Waals surface area (Å²) in [5.41, 5.74) is 0.430. The van der Waals surface area contributed by atoms with Crippen molar-refractivity contribution in [3.8, 4) is 5.75 Å². The molecular weight excluding hydrogens is 244 g/mol. The highest BCUT2D eigenvalue weighted by Gasteiger charge is 2.24. The maximum Gasteiger partial charge on any atom is 0.251 e. The van der Waals surface area contributed by atoms with Crippen LogP contribution in [0.5, 0.6) is 5.75 Å². The highest BCUT2D eigenvalue weighted by molar-refractivity contribution is 5.97. The number of hydrogen-bond acceptors (Lipinski definition) is 3. The molecule has 0 aliphatic carbocycles. The molecule has 2 N–H and O–H groups in total. The van der Waals surface area contributed by atoms with E-state index in [1.165, 1.54) is 24.3 Å². The van der Waals surface area contributed by atoms with Gasteiger partial charge in [-0.3, -0.25) is 9.59 Å². The molecule has 5 heteroatoms. The summed E-state index contributed by atoms with van der Waals surface area (Å²) >= 11 is 0. The second-order valence-corrected chi connectivity index (χ2v) is 4.77. The van der Waals surface area contributed by atoms with Crippen molar-refractivity contribution in [3.05, 3.63) is 29.8 Å². The number of carbonyl (C=O) groups is 2. The molecule has 0 spiro atoms. The number of phenols is 1. The molecule has 1 atom stereocenters. The van der Waals surface area contributed by atoms with Gasteiger partial charge in [0.15, 0.2) is 0 Å². The molecular formula is C14H18N2O3. The third-order valence-electron chi connectivity index (χ3n) is 3.27. The average molecular weight is 262 g/mol. The van der Waals surface area contributed by atoms with Crippen molar-refractivity contribution in [2.45, 2.75) is 25.8 Å². The summed E-state index contributed by atoms with van der Waals surface area (Å²) in [4.78, 5) is 25.7. The average Bonchev–Trinajstić information content (AvgIpc) is 2.92. The highest BCUT2D eigenvalue weighted by Crippen LogP contribution is 2.11. The molecule has 1 fully saturated rings. The van der Waals surface area contributed by atoms with Crippen LogP contribution in [0.1, 0.15) is 30.1 Å². The summed E-state index contributed by atoms with van der Waals surface area (Å²) in [7, 11) is 0. The Labute approximate surface area is 112 Å². The Morgan fingerprint density at radius 3 is 2.37 bits per heavy atom. The molecule has 2 rings (SSSR count). The fraction of sp³-hybridized carbons (Fsp3) is 0.429. The van der Waals surface area contributed by atoms with Gasteiger partial charge in [0.05, 0.1) is 0 Å². The van der Waals surface area contributed by atoms with E-state index in [1.54, 1.807) is 11.8 Å². The van der Waals surface area contributed by atoms with Gasteiger partial charge in [0.25, 0.3) is 5.91 Å². The summed E-state index contributed by atoms with van der Waals surface area (Å²) in [6.07, 6.45) is 2.06. The zero-order valence-corrected chi connectivity index (χ0v) is 10.9. The van der Waals surface area contributed by atoms with Crippen LogP contribution in [0.15, 0.2) is 24.3 Å². The summed E-state index contributed by atoms with van der Waals surface area (Å²) in [6, 6.07) is 5.42. The standard InChI is InChI=1S/C14H18N2O3/c1-10(14(19)16-8-2-3-9-16)15-13(18)11-4-6-12(17)7-5-11/h4-7,10,17H,2-3,8-9H2,1H3,(H,15,18). The van der Waals surface area contributed by atoms with Crippen LogP contribution >= 0.6 is 0 Å². The molecule has 1 aromatic carbocycles. The first kappa shape index (κ1) is 13.4. The Morgan fingerprint density at radius 1 is 1.21 bits per heavy atom. The van der Waals surface area contributed by atoms with Gasteiger partial charge in [-0.25, -0.2) is 0 Å². The zero-order chi connectivity index (χ0) is 13.8. The SMILES string of the molecule is CC(NC(=O)c1ccc(O)cc1)C(=O)N1CCCC1. The number of nitrogens with zero attached hydrogens (tertiary/aromatic N) is 1. The Bertz CT molecular complexity index is 464. The predicted octanol–water partition coefficient (Wildman–Crippen LogP) is 1.13. The summed E-state index contributed by atoms with van der Waals surface area (Å²) < 4.78 is 0. The van der Waals surface area contributed by atoms with E-state index < -0.39 is 6.04 Å². The molecule has 2 amide bonds. The molecule has 0 aromatic heterocycles. The third-order valence-corrected chi connectivity index (χ3v) is 3.27. The molecule has 1 aliphatic heterocycles. The highest BCUT2D eigenvalue weighted by atomic mass is 16.3. The Morgan fingerprint density at radius 2 is 1.79 bits per heavy atom. The minimum Gasteiger partial charge on any atom is -0.508 e. The van der Waals surface area contributed by atoms with Crippen LogP contribution in [0.2, 0.25) is 0 Å². The van der Waals surface area contributed by atoms with E-state index in [1.807, 2.05) is 0 Å². The van der Waals surface area contributed by atoms with E-state index in [4.69, 9.17) is 5.11 Å². The topological polar surface area (TPSA) is 69.6 Å². The van der Waals surface area contributed by atoms with Crippen molar-refractivity contribution >= 4 is 11.8 Å². The number of carbonyl (C=O) groups excluding carboxylic acids is 2. The van der Waals surface area contributed by atoms with Crippen LogP contribution in [0.4, 0.5) is 0 Å². The van der Waals surface area contributed by atoms with E-state index in [2.05, 4.69) is 5.32 Å². The van der Waals surface area contributed by atoms with E-state index in [0.29, 0.717) is 5.56 Å². The first-order chi connectivity index (χ1) is 9.08. The van der Waals surface area contributed by atoms with Crippen LogP contribution in [-0.2, 0) is 4.79 Å². The number of phenolic OH excluding ortho intramolecular Hbond substituents is 1. The molecule has 0 saturated carbocycles. The summed E-state index contributed by atoms with van der Waals surface area (Å²) in [5, 5.41) is 11.8. The second kappa shape index (κ2) is 5.73. The Balaban J connectivity index is 1.94. The molecule has 19 heavy (non-hydrogen) atoms. The van der Waals surface area contributed by atoms with Crippen molar-refractivity contribution in [2.75, 3.05) is 13.1 Å². The molecule has 1 unspecified atom stereocenters. The van der Waals surface area contributed by atoms with E-state index in [9.17, 15) is 9.59 Å². The second-order valence-electron chi connectivity index (χ2n) is 4.77. The van der Waals surface area contributed by atoms with Crippen LogP contribution < -0.4 is 5.32 Å². The van der Waals surface area contributed by atoms with Gasteiger partial charge in [-0.15, -0.1) is 0 Å². The van der Waals surface area contributed by atoms with Gasteiger partial charge in [0, 0.05) is 18.7 Å². The number of benzene rings is 1. The first-order valence-electron chi connectivity index (χ1n) is 6.46. The molecule has 0 bridgehead atoms. The van der Waals surface area contributed by atoms with E-state index in [-0.39, 0.29) is 17.6 Å². The van der Waals surface area contributed by atoms with Crippen molar-refractivity contribution < 1.29 is 14.7 Å². The van der Waals surface area contributed by atoms with Gasteiger partial charge < -0.3 is 15.3 Å². The molecule has 0 radical (unpaired) electrons. The van der Waals surface area contributed by atoms with Crippen molar-refractivity contribution in [1.29, 1.82) is 0 Å². The van der Waals surface area contributed by atoms with Crippen molar-refractivity contribution in [3.63, 3.8) is 0 Å². The Hall–Kier alpha value is -2.04. The number of amides is 2. The monoisotopic (exact) mass is 262 g/mol. The minimum absolute atomic E-state index is 0.0374. The van der Waals surface area contributed by atoms with E-state index in [0.717, 1.165) is 25.9 Å². The lowest BCUT2D eigenvalue weighted by Crippen LogP contribution is -2.45. The fourth-order valence-electron chi connectivity index (χ4n) is 2.17. The lowest BCUT2D eigenvalue weighted by atomic mass is 10.2. The lowest BCUT2D eigenvalue weighted by molar-refractivity contribution is -0.131. The number of rotatable bonds is 3. The van der Waals surface area contributed by atoms with Gasteiger partial charge >= 0.3 is 0 Å². The predicted molar refractivity (Wildman–Crippen MR) is 70.8 cm³/mol. The van der Waals surface area contributed by atoms with Crippen LogP contribution in [-0.4, -0.2) is 41.0 Å². The Kier molecular flexibility index (Phi) is 4.04. The van der Waals surface area contributed by atoms with Crippen molar-refractivity contribution in [1.82, 2.24) is 10.2 Å². The van der Waals surface area contributed by atoms with E-state index >= 15 is 0 Å². The summed E-state index contributed by atoms with van der Waals surface area (Å²) in [5.74, 6) is -0.234. The van der Waals surface area contributed by atoms with Crippen molar-refractivity contribution in [2.24, 2.45) is 0 Å². The molecule has 1 heterocycles. The zero-order valence-electron chi connectivity index (χ0n) is 10.9. The number of likely N-dealkylation sites (tertiary alicyclic amines) is 1. The van der Waals surface area contributed by atoms with Gasteiger partial charge in [-0.1, -0.05) is 0 Å². The number of hydrogen-bond donors (Lipinski definition) is 2. The maximum atomic E-state index is 12.0. The smallest absolute Gasteiger partial charge is 0.251 e. The molecule has 1 aromatic rings. The number of nitrogens with one attached hydrogen (secondary N) is 1. The third kappa shape index (κ3) is 3.24. The molecule has 1 saturated heterocycles. The quantitative estimate of drug-likeness (QED) is 0.858. The van der Waals surface area contributed by atoms with Crippen LogP contribution in [0.3, 0.4) is 0 Å². The molecule has 1 aliphatic rings. The molecule has 102 valence electrons. The number of aromatic hydroxyl groups is 1. The maximum absolute atomic E-state index is 12.0. The normalized spacial score (nSPS) is 16.2. The largest absolute Gasteiger partial charge is 0.508 e. The minimum atomic E-state index is -0.528. The van der Waals surface area contributed by atoms with Gasteiger partial charge in [0.2, 0.25) is 5.91 Å². The fourth-order valence-corrected chi connectivity index (χ4v) is 2.17. The lowest BCUT2D eigenvalue weighted by Gasteiger charge is -2.21. The van der Waals surface area contributed by atoms with Gasteiger partial charge in [0.1, 0.15) is 11.8 Å².